The number of rotatable bonds is 5. The number of carbonyl (C=O) groups is 1. The molecule has 2 aliphatic rings. The molecule has 1 amide bonds. The predicted molar refractivity (Wildman–Crippen MR) is 112 cm³/mol. The maximum Gasteiger partial charge on any atom is 0.248 e. The van der Waals surface area contributed by atoms with Crippen molar-refractivity contribution < 1.29 is 18.7 Å². The Morgan fingerprint density at radius 3 is 2.68 bits per heavy atom. The van der Waals surface area contributed by atoms with Crippen molar-refractivity contribution >= 4 is 11.7 Å². The number of pyridine rings is 1. The SMILES string of the molecule is Cc1ccc(C#N)c(N2CCC(N3CC(COc4ccc(F)cc4)OCC3=O)CC2)n1. The molecule has 1 aromatic heterocycles. The molecular formula is C23H25FN4O3. The van der Waals surface area contributed by atoms with Gasteiger partial charge >= 0.3 is 0 Å². The maximum atomic E-state index is 13.0. The summed E-state index contributed by atoms with van der Waals surface area (Å²) in [5, 5.41) is 9.39. The Morgan fingerprint density at radius 2 is 1.97 bits per heavy atom. The van der Waals surface area contributed by atoms with Crippen LogP contribution in [0.3, 0.4) is 0 Å². The molecule has 0 spiro atoms. The van der Waals surface area contributed by atoms with Gasteiger partial charge in [-0.15, -0.1) is 0 Å². The van der Waals surface area contributed by atoms with Gasteiger partial charge in [-0.3, -0.25) is 4.79 Å². The normalized spacial score (nSPS) is 19.9. The van der Waals surface area contributed by atoms with Gasteiger partial charge in [-0.2, -0.15) is 5.26 Å². The lowest BCUT2D eigenvalue weighted by Crippen LogP contribution is -2.55. The lowest BCUT2D eigenvalue weighted by Gasteiger charge is -2.42. The van der Waals surface area contributed by atoms with Crippen molar-refractivity contribution in [3.8, 4) is 11.8 Å². The minimum absolute atomic E-state index is 0.0112. The summed E-state index contributed by atoms with van der Waals surface area (Å²) >= 11 is 0. The number of carbonyl (C=O) groups excluding carboxylic acids is 1. The number of piperidine rings is 1. The van der Waals surface area contributed by atoms with Gasteiger partial charge in [0.1, 0.15) is 42.8 Å². The van der Waals surface area contributed by atoms with Crippen molar-refractivity contribution in [1.29, 1.82) is 5.26 Å². The molecule has 0 radical (unpaired) electrons. The summed E-state index contributed by atoms with van der Waals surface area (Å²) in [4.78, 5) is 21.1. The molecule has 8 heteroatoms. The van der Waals surface area contributed by atoms with E-state index in [1.807, 2.05) is 17.9 Å². The quantitative estimate of drug-likeness (QED) is 0.734. The molecule has 31 heavy (non-hydrogen) atoms. The summed E-state index contributed by atoms with van der Waals surface area (Å²) in [6.07, 6.45) is 1.37. The van der Waals surface area contributed by atoms with Gasteiger partial charge < -0.3 is 19.3 Å². The first-order valence-electron chi connectivity index (χ1n) is 10.5. The van der Waals surface area contributed by atoms with Gasteiger partial charge in [0.25, 0.3) is 0 Å². The van der Waals surface area contributed by atoms with Crippen LogP contribution in [-0.2, 0) is 9.53 Å². The number of morpholine rings is 1. The standard InChI is InChI=1S/C23H25FN4O3/c1-16-2-3-17(12-25)23(26-16)27-10-8-19(9-11-27)28-13-21(31-15-22(28)29)14-30-20-6-4-18(24)5-7-20/h2-7,19,21H,8-11,13-15H2,1H3. The van der Waals surface area contributed by atoms with Crippen LogP contribution < -0.4 is 9.64 Å². The van der Waals surface area contributed by atoms with Crippen LogP contribution in [0.25, 0.3) is 0 Å². The number of aromatic nitrogens is 1. The highest BCUT2D eigenvalue weighted by Crippen LogP contribution is 2.26. The van der Waals surface area contributed by atoms with Crippen molar-refractivity contribution in [3.63, 3.8) is 0 Å². The van der Waals surface area contributed by atoms with Crippen LogP contribution in [0.4, 0.5) is 10.2 Å². The van der Waals surface area contributed by atoms with Crippen LogP contribution in [0.1, 0.15) is 24.1 Å². The first-order valence-corrected chi connectivity index (χ1v) is 10.5. The number of nitriles is 1. The Labute approximate surface area is 181 Å². The lowest BCUT2D eigenvalue weighted by atomic mass is 10.0. The number of benzene rings is 1. The molecule has 1 unspecified atom stereocenters. The van der Waals surface area contributed by atoms with Crippen LogP contribution >= 0.6 is 0 Å². The second-order valence-electron chi connectivity index (χ2n) is 7.90. The van der Waals surface area contributed by atoms with Crippen LogP contribution in [-0.4, -0.2) is 60.8 Å². The Morgan fingerprint density at radius 1 is 1.23 bits per heavy atom. The molecule has 2 fully saturated rings. The van der Waals surface area contributed by atoms with E-state index in [2.05, 4.69) is 16.0 Å². The van der Waals surface area contributed by atoms with Crippen LogP contribution in [0.5, 0.6) is 5.75 Å². The summed E-state index contributed by atoms with van der Waals surface area (Å²) in [5.41, 5.74) is 1.45. The minimum Gasteiger partial charge on any atom is -0.491 e. The molecule has 0 bridgehead atoms. The van der Waals surface area contributed by atoms with Crippen molar-refractivity contribution in [2.45, 2.75) is 31.9 Å². The van der Waals surface area contributed by atoms with Gasteiger partial charge in [-0.25, -0.2) is 9.37 Å². The summed E-state index contributed by atoms with van der Waals surface area (Å²) < 4.78 is 24.4. The summed E-state index contributed by atoms with van der Waals surface area (Å²) in [7, 11) is 0. The Balaban J connectivity index is 1.34. The fourth-order valence-corrected chi connectivity index (χ4v) is 4.08. The highest BCUT2D eigenvalue weighted by atomic mass is 19.1. The highest BCUT2D eigenvalue weighted by Gasteiger charge is 2.34. The molecule has 0 aliphatic carbocycles. The zero-order valence-electron chi connectivity index (χ0n) is 17.5. The molecule has 4 rings (SSSR count). The van der Waals surface area contributed by atoms with E-state index in [0.29, 0.717) is 24.5 Å². The topological polar surface area (TPSA) is 78.7 Å². The van der Waals surface area contributed by atoms with Crippen molar-refractivity contribution in [2.75, 3.05) is 37.7 Å². The molecule has 2 saturated heterocycles. The molecule has 0 N–H and O–H groups in total. The van der Waals surface area contributed by atoms with E-state index in [0.717, 1.165) is 37.4 Å². The lowest BCUT2D eigenvalue weighted by molar-refractivity contribution is -0.154. The number of aryl methyl sites for hydroxylation is 1. The summed E-state index contributed by atoms with van der Waals surface area (Å²) in [6, 6.07) is 11.8. The third-order valence-electron chi connectivity index (χ3n) is 5.75. The van der Waals surface area contributed by atoms with Gasteiger partial charge in [0, 0.05) is 24.8 Å². The molecule has 0 saturated carbocycles. The first-order chi connectivity index (χ1) is 15.0. The number of anilines is 1. The number of hydrogen-bond donors (Lipinski definition) is 0. The largest absolute Gasteiger partial charge is 0.491 e. The third-order valence-corrected chi connectivity index (χ3v) is 5.75. The second-order valence-corrected chi connectivity index (χ2v) is 7.90. The van der Waals surface area contributed by atoms with E-state index in [-0.39, 0.29) is 30.5 Å². The average molecular weight is 424 g/mol. The maximum absolute atomic E-state index is 13.0. The molecular weight excluding hydrogens is 399 g/mol. The van der Waals surface area contributed by atoms with Gasteiger partial charge in [-0.05, 0) is 56.2 Å². The Bertz CT molecular complexity index is 968. The third kappa shape index (κ3) is 4.94. The van der Waals surface area contributed by atoms with Crippen LogP contribution in [0.15, 0.2) is 36.4 Å². The van der Waals surface area contributed by atoms with Gasteiger partial charge in [-0.1, -0.05) is 0 Å². The molecule has 1 atom stereocenters. The number of amides is 1. The van der Waals surface area contributed by atoms with Crippen molar-refractivity contribution in [1.82, 2.24) is 9.88 Å². The van der Waals surface area contributed by atoms with Gasteiger partial charge in [0.05, 0.1) is 12.1 Å². The number of hydrogen-bond acceptors (Lipinski definition) is 6. The van der Waals surface area contributed by atoms with E-state index in [1.54, 1.807) is 18.2 Å². The zero-order chi connectivity index (χ0) is 21.8. The molecule has 2 aromatic rings. The molecule has 2 aliphatic heterocycles. The van der Waals surface area contributed by atoms with Gasteiger partial charge in [0.15, 0.2) is 0 Å². The fourth-order valence-electron chi connectivity index (χ4n) is 4.08. The van der Waals surface area contributed by atoms with E-state index < -0.39 is 0 Å². The van der Waals surface area contributed by atoms with E-state index >= 15 is 0 Å². The average Bonchev–Trinajstić information content (AvgIpc) is 2.80. The second kappa shape index (κ2) is 9.31. The Hall–Kier alpha value is -3.18. The van der Waals surface area contributed by atoms with E-state index in [4.69, 9.17) is 9.47 Å². The highest BCUT2D eigenvalue weighted by molar-refractivity contribution is 5.78. The smallest absolute Gasteiger partial charge is 0.248 e. The van der Waals surface area contributed by atoms with Crippen LogP contribution in [0, 0.1) is 24.1 Å². The number of ether oxygens (including phenoxy) is 2. The van der Waals surface area contributed by atoms with Crippen molar-refractivity contribution in [3.05, 3.63) is 53.5 Å². The fraction of sp³-hybridized carbons (Fsp3) is 0.435. The van der Waals surface area contributed by atoms with E-state index in [9.17, 15) is 14.4 Å². The van der Waals surface area contributed by atoms with E-state index in [1.165, 1.54) is 12.1 Å². The van der Waals surface area contributed by atoms with Crippen molar-refractivity contribution in [2.24, 2.45) is 0 Å². The molecule has 1 aromatic carbocycles. The zero-order valence-corrected chi connectivity index (χ0v) is 17.5. The summed E-state index contributed by atoms with van der Waals surface area (Å²) in [6.45, 7) is 4.19. The summed E-state index contributed by atoms with van der Waals surface area (Å²) in [5.74, 6) is 0.968. The predicted octanol–water partition coefficient (Wildman–Crippen LogP) is 2.68. The molecule has 7 nitrogen and oxygen atoms in total. The molecule has 162 valence electrons. The monoisotopic (exact) mass is 424 g/mol. The molecule has 3 heterocycles. The van der Waals surface area contributed by atoms with Crippen LogP contribution in [0.2, 0.25) is 0 Å². The minimum atomic E-state index is -0.313. The Kier molecular flexibility index (Phi) is 6.33. The first kappa shape index (κ1) is 21.1. The number of nitrogens with zero attached hydrogens (tertiary/aromatic N) is 4. The number of halogens is 1. The van der Waals surface area contributed by atoms with Gasteiger partial charge in [0.2, 0.25) is 5.91 Å².